The van der Waals surface area contributed by atoms with Crippen LogP contribution < -0.4 is 10.6 Å². The molecule has 2 N–H and O–H groups in total. The first-order chi connectivity index (χ1) is 10.1. The van der Waals surface area contributed by atoms with E-state index in [4.69, 9.17) is 4.74 Å². The molecule has 7 heteroatoms. The largest absolute Gasteiger partial charge is 0.381 e. The van der Waals surface area contributed by atoms with Crippen LogP contribution in [0.4, 0.5) is 11.4 Å². The third-order valence-corrected chi connectivity index (χ3v) is 3.58. The highest BCUT2D eigenvalue weighted by molar-refractivity contribution is 5.95. The van der Waals surface area contributed by atoms with Gasteiger partial charge in [-0.05, 0) is 30.9 Å². The Morgan fingerprint density at radius 2 is 2.33 bits per heavy atom. The van der Waals surface area contributed by atoms with Gasteiger partial charge in [0, 0.05) is 38.4 Å². The summed E-state index contributed by atoms with van der Waals surface area (Å²) in [5, 5.41) is 16.6. The topological polar surface area (TPSA) is 93.5 Å². The molecule has 1 aromatic rings. The molecule has 1 heterocycles. The molecular weight excluding hydrogens is 274 g/mol. The molecule has 114 valence electrons. The second-order valence-corrected chi connectivity index (χ2v) is 5.01. The van der Waals surface area contributed by atoms with Crippen molar-refractivity contribution in [3.63, 3.8) is 0 Å². The Bertz CT molecular complexity index is 527. The summed E-state index contributed by atoms with van der Waals surface area (Å²) >= 11 is 0. The van der Waals surface area contributed by atoms with Crippen LogP contribution in [0.15, 0.2) is 18.2 Å². The van der Waals surface area contributed by atoms with Gasteiger partial charge in [-0.2, -0.15) is 0 Å². The molecule has 0 bridgehead atoms. The van der Waals surface area contributed by atoms with Crippen molar-refractivity contribution in [2.75, 3.05) is 32.1 Å². The number of carbonyl (C=O) groups excluding carboxylic acids is 1. The highest BCUT2D eigenvalue weighted by Gasteiger charge is 2.18. The molecule has 2 rings (SSSR count). The maximum absolute atomic E-state index is 11.5. The van der Waals surface area contributed by atoms with E-state index in [0.717, 1.165) is 26.1 Å². The van der Waals surface area contributed by atoms with E-state index in [1.165, 1.54) is 13.1 Å². The molecule has 1 atom stereocenters. The molecule has 1 unspecified atom stereocenters. The molecule has 7 nitrogen and oxygen atoms in total. The zero-order valence-corrected chi connectivity index (χ0v) is 11.9. The zero-order chi connectivity index (χ0) is 15.2. The average molecular weight is 293 g/mol. The summed E-state index contributed by atoms with van der Waals surface area (Å²) in [7, 11) is 1.49. The van der Waals surface area contributed by atoms with E-state index in [1.807, 2.05) is 0 Å². The minimum atomic E-state index is -0.479. The van der Waals surface area contributed by atoms with Gasteiger partial charge in [0.15, 0.2) is 0 Å². The highest BCUT2D eigenvalue weighted by atomic mass is 16.6. The number of hydrogen-bond acceptors (Lipinski definition) is 5. The lowest BCUT2D eigenvalue weighted by Gasteiger charge is -2.11. The van der Waals surface area contributed by atoms with Crippen molar-refractivity contribution in [1.82, 2.24) is 5.32 Å². The monoisotopic (exact) mass is 293 g/mol. The van der Waals surface area contributed by atoms with E-state index in [1.54, 1.807) is 12.1 Å². The van der Waals surface area contributed by atoms with Gasteiger partial charge >= 0.3 is 0 Å². The van der Waals surface area contributed by atoms with E-state index >= 15 is 0 Å². The van der Waals surface area contributed by atoms with E-state index in [-0.39, 0.29) is 17.2 Å². The molecule has 0 aromatic heterocycles. The van der Waals surface area contributed by atoms with E-state index in [0.29, 0.717) is 18.2 Å². The lowest BCUT2D eigenvalue weighted by Crippen LogP contribution is -2.18. The van der Waals surface area contributed by atoms with Crippen LogP contribution in [0.25, 0.3) is 0 Å². The third kappa shape index (κ3) is 3.91. The van der Waals surface area contributed by atoms with Crippen LogP contribution in [-0.2, 0) is 4.74 Å². The van der Waals surface area contributed by atoms with Crippen molar-refractivity contribution in [3.05, 3.63) is 33.9 Å². The average Bonchev–Trinajstić information content (AvgIpc) is 2.99. The molecule has 0 spiro atoms. The molecule has 1 amide bonds. The number of nitro benzene ring substituents is 1. The fraction of sp³-hybridized carbons (Fsp3) is 0.500. The number of amides is 1. The molecule has 1 fully saturated rings. The first-order valence-corrected chi connectivity index (χ1v) is 6.94. The Balaban J connectivity index is 2.03. The third-order valence-electron chi connectivity index (χ3n) is 3.58. The standard InChI is InChI=1S/C14H19N3O4/c1-15-14(18)11-2-3-12(13(8-11)17(19)20)16-6-4-10-5-7-21-9-10/h2-3,8,10,16H,4-7,9H2,1H3,(H,15,18). The number of nitrogens with zero attached hydrogens (tertiary/aromatic N) is 1. The Morgan fingerprint density at radius 1 is 1.52 bits per heavy atom. The van der Waals surface area contributed by atoms with Crippen LogP contribution in [0, 0.1) is 16.0 Å². The maximum atomic E-state index is 11.5. The van der Waals surface area contributed by atoms with Gasteiger partial charge < -0.3 is 15.4 Å². The van der Waals surface area contributed by atoms with Crippen molar-refractivity contribution in [1.29, 1.82) is 0 Å². The number of nitrogens with one attached hydrogen (secondary N) is 2. The highest BCUT2D eigenvalue weighted by Crippen LogP contribution is 2.26. The van der Waals surface area contributed by atoms with Crippen molar-refractivity contribution >= 4 is 17.3 Å². The predicted octanol–water partition coefficient (Wildman–Crippen LogP) is 1.79. The Labute approximate surface area is 122 Å². The van der Waals surface area contributed by atoms with Gasteiger partial charge in [-0.1, -0.05) is 0 Å². The summed E-state index contributed by atoms with van der Waals surface area (Å²) in [5.41, 5.74) is 0.629. The van der Waals surface area contributed by atoms with Crippen LogP contribution in [0.2, 0.25) is 0 Å². The summed E-state index contributed by atoms with van der Waals surface area (Å²) in [6.45, 7) is 2.21. The first-order valence-electron chi connectivity index (χ1n) is 6.94. The Kier molecular flexibility index (Phi) is 5.10. The minimum absolute atomic E-state index is 0.0845. The molecule has 0 aliphatic carbocycles. The molecule has 1 aromatic carbocycles. The Hall–Kier alpha value is -2.15. The second-order valence-electron chi connectivity index (χ2n) is 5.01. The van der Waals surface area contributed by atoms with Crippen LogP contribution in [-0.4, -0.2) is 37.6 Å². The first kappa shape index (κ1) is 15.2. The number of benzene rings is 1. The van der Waals surface area contributed by atoms with Crippen LogP contribution in [0.5, 0.6) is 0 Å². The van der Waals surface area contributed by atoms with E-state index < -0.39 is 4.92 Å². The van der Waals surface area contributed by atoms with Gasteiger partial charge in [-0.25, -0.2) is 0 Å². The summed E-state index contributed by atoms with van der Waals surface area (Å²) < 4.78 is 5.30. The van der Waals surface area contributed by atoms with Crippen molar-refractivity contribution in [2.24, 2.45) is 5.92 Å². The fourth-order valence-electron chi connectivity index (χ4n) is 2.34. The van der Waals surface area contributed by atoms with Crippen molar-refractivity contribution in [3.8, 4) is 0 Å². The minimum Gasteiger partial charge on any atom is -0.381 e. The van der Waals surface area contributed by atoms with E-state index in [2.05, 4.69) is 10.6 Å². The predicted molar refractivity (Wildman–Crippen MR) is 78.5 cm³/mol. The van der Waals surface area contributed by atoms with Gasteiger partial charge in [0.25, 0.3) is 11.6 Å². The Morgan fingerprint density at radius 3 is 2.95 bits per heavy atom. The number of hydrogen-bond donors (Lipinski definition) is 2. The van der Waals surface area contributed by atoms with Crippen molar-refractivity contribution in [2.45, 2.75) is 12.8 Å². The van der Waals surface area contributed by atoms with Gasteiger partial charge in [-0.15, -0.1) is 0 Å². The molecule has 0 radical (unpaired) electrons. The number of nitro groups is 1. The maximum Gasteiger partial charge on any atom is 0.293 e. The quantitative estimate of drug-likeness (QED) is 0.616. The van der Waals surface area contributed by atoms with E-state index in [9.17, 15) is 14.9 Å². The van der Waals surface area contributed by atoms with Crippen molar-refractivity contribution < 1.29 is 14.5 Å². The van der Waals surface area contributed by atoms with Crippen LogP contribution >= 0.6 is 0 Å². The van der Waals surface area contributed by atoms with Crippen LogP contribution in [0.1, 0.15) is 23.2 Å². The number of carbonyl (C=O) groups is 1. The molecule has 1 aliphatic heterocycles. The normalized spacial score (nSPS) is 17.5. The second kappa shape index (κ2) is 7.03. The van der Waals surface area contributed by atoms with Gasteiger partial charge in [-0.3, -0.25) is 14.9 Å². The summed E-state index contributed by atoms with van der Waals surface area (Å²) in [4.78, 5) is 22.2. The molecule has 0 saturated carbocycles. The molecule has 1 aliphatic rings. The van der Waals surface area contributed by atoms with Gasteiger partial charge in [0.2, 0.25) is 0 Å². The number of anilines is 1. The zero-order valence-electron chi connectivity index (χ0n) is 11.9. The van der Waals surface area contributed by atoms with Crippen LogP contribution in [0.3, 0.4) is 0 Å². The van der Waals surface area contributed by atoms with Gasteiger partial charge in [0.05, 0.1) is 4.92 Å². The lowest BCUT2D eigenvalue weighted by molar-refractivity contribution is -0.384. The summed E-state index contributed by atoms with van der Waals surface area (Å²) in [6.07, 6.45) is 1.95. The number of rotatable bonds is 6. The SMILES string of the molecule is CNC(=O)c1ccc(NCCC2CCOC2)c([N+](=O)[O-])c1. The molecule has 1 saturated heterocycles. The summed E-state index contributed by atoms with van der Waals surface area (Å²) in [5.74, 6) is 0.175. The molecular formula is C14H19N3O4. The fourth-order valence-corrected chi connectivity index (χ4v) is 2.34. The van der Waals surface area contributed by atoms with Gasteiger partial charge in [0.1, 0.15) is 5.69 Å². The smallest absolute Gasteiger partial charge is 0.293 e. The number of ether oxygens (including phenoxy) is 1. The lowest BCUT2D eigenvalue weighted by atomic mass is 10.1. The summed E-state index contributed by atoms with van der Waals surface area (Å²) in [6, 6.07) is 4.44. The molecule has 21 heavy (non-hydrogen) atoms.